The van der Waals surface area contributed by atoms with Crippen LogP contribution in [0, 0.1) is 29.7 Å². The maximum atomic E-state index is 12.2. The van der Waals surface area contributed by atoms with Crippen molar-refractivity contribution in [1.29, 1.82) is 0 Å². The number of carbonyl (C=O) groups excluding carboxylic acids is 1. The normalized spacial score (nSPS) is 12.6. The molecule has 1 N–H and O–H groups in total. The number of aryl methyl sites for hydroxylation is 1. The maximum absolute atomic E-state index is 12.2. The molecule has 6 rings (SSSR count). The largest absolute Gasteiger partial charge is 0.512 e. The van der Waals surface area contributed by atoms with Crippen molar-refractivity contribution in [3.8, 4) is 22.6 Å². The van der Waals surface area contributed by atoms with Crippen LogP contribution in [0.3, 0.4) is 0 Å². The first-order valence-corrected chi connectivity index (χ1v) is 19.8. The van der Waals surface area contributed by atoms with Gasteiger partial charge in [-0.15, -0.1) is 29.1 Å². The molecule has 5 nitrogen and oxygen atoms in total. The number of carbonyl (C=O) groups is 1. The summed E-state index contributed by atoms with van der Waals surface area (Å²) in [7, 11) is 0. The summed E-state index contributed by atoms with van der Waals surface area (Å²) in [5.74, 6) is 2.63. The Morgan fingerprint density at radius 2 is 1.53 bits per heavy atom. The molecule has 3 heterocycles. The first-order valence-electron chi connectivity index (χ1n) is 19.8. The molecule has 0 bridgehead atoms. The van der Waals surface area contributed by atoms with Crippen molar-refractivity contribution in [2.45, 2.75) is 121 Å². The molecular weight excluding hydrogens is 859 g/mol. The van der Waals surface area contributed by atoms with Gasteiger partial charge in [0.05, 0.1) is 0 Å². The second-order valence-electron chi connectivity index (χ2n) is 16.9. The molecule has 55 heavy (non-hydrogen) atoms. The van der Waals surface area contributed by atoms with Gasteiger partial charge in [0.2, 0.25) is 0 Å². The summed E-state index contributed by atoms with van der Waals surface area (Å²) in [5.41, 5.74) is 6.43. The van der Waals surface area contributed by atoms with Crippen LogP contribution in [0.2, 0.25) is 0 Å². The minimum Gasteiger partial charge on any atom is -0.512 e. The molecule has 0 amide bonds. The topological polar surface area (TPSA) is 76.5 Å². The van der Waals surface area contributed by atoms with E-state index in [1.165, 1.54) is 22.6 Å². The molecule has 0 aliphatic rings. The number of pyridine rings is 1. The average molecular weight is 919 g/mol. The number of fused-ring (bicyclic) bond motifs is 3. The number of rotatable bonds is 11. The van der Waals surface area contributed by atoms with Crippen LogP contribution < -0.4 is 0 Å². The first-order chi connectivity index (χ1) is 25.5. The van der Waals surface area contributed by atoms with Crippen molar-refractivity contribution in [3.05, 3.63) is 102 Å². The third-order valence-corrected chi connectivity index (χ3v) is 11.8. The zero-order valence-corrected chi connectivity index (χ0v) is 37.4. The van der Waals surface area contributed by atoms with E-state index in [-0.39, 0.29) is 47.9 Å². The van der Waals surface area contributed by atoms with E-state index in [4.69, 9.17) is 13.8 Å². The Kier molecular flexibility index (Phi) is 13.9. The molecule has 0 atom stereocenters. The molecule has 0 aliphatic heterocycles. The maximum Gasteiger partial charge on any atom is 0.164 e. The molecular formula is C49H60IrNO4-. The van der Waals surface area contributed by atoms with Gasteiger partial charge in [-0.3, -0.25) is 9.78 Å². The minimum absolute atomic E-state index is 0. The van der Waals surface area contributed by atoms with E-state index < -0.39 is 0 Å². The Morgan fingerprint density at radius 3 is 2.15 bits per heavy atom. The average Bonchev–Trinajstić information content (AvgIpc) is 3.73. The summed E-state index contributed by atoms with van der Waals surface area (Å²) < 4.78 is 12.8. The van der Waals surface area contributed by atoms with Crippen LogP contribution in [0.4, 0.5) is 0 Å². The van der Waals surface area contributed by atoms with Crippen LogP contribution in [0.1, 0.15) is 119 Å². The van der Waals surface area contributed by atoms with Crippen LogP contribution in [0.25, 0.3) is 55.3 Å². The third-order valence-electron chi connectivity index (χ3n) is 11.8. The van der Waals surface area contributed by atoms with Crippen molar-refractivity contribution in [1.82, 2.24) is 4.98 Å². The van der Waals surface area contributed by atoms with E-state index >= 15 is 0 Å². The quantitative estimate of drug-likeness (QED) is 0.0796. The van der Waals surface area contributed by atoms with Gasteiger partial charge in [-0.25, -0.2) is 0 Å². The zero-order valence-electron chi connectivity index (χ0n) is 35.0. The third kappa shape index (κ3) is 9.03. The van der Waals surface area contributed by atoms with Crippen molar-refractivity contribution >= 4 is 38.5 Å². The second-order valence-corrected chi connectivity index (χ2v) is 16.9. The number of nitrogens with zero attached hydrogens (tertiary/aromatic N) is 1. The number of aliphatic hydroxyl groups excluding tert-OH is 1. The Morgan fingerprint density at radius 1 is 0.873 bits per heavy atom. The van der Waals surface area contributed by atoms with E-state index in [1.54, 1.807) is 0 Å². The summed E-state index contributed by atoms with van der Waals surface area (Å²) in [6.45, 7) is 25.4. The van der Waals surface area contributed by atoms with E-state index in [0.717, 1.165) is 87.8 Å². The fraction of sp³-hybridized carbons (Fsp3) is 0.429. The smallest absolute Gasteiger partial charge is 0.164 e. The summed E-state index contributed by atoms with van der Waals surface area (Å²) in [5, 5.41) is 14.6. The molecule has 0 unspecified atom stereocenters. The van der Waals surface area contributed by atoms with Crippen LogP contribution in [-0.2, 0) is 36.7 Å². The van der Waals surface area contributed by atoms with Crippen molar-refractivity contribution in [3.63, 3.8) is 0 Å². The van der Waals surface area contributed by atoms with Crippen molar-refractivity contribution < 1.29 is 38.8 Å². The van der Waals surface area contributed by atoms with E-state index in [2.05, 4.69) is 90.1 Å². The number of benzene rings is 3. The standard InChI is InChI=1S/C34H32NO2.C15H28O2.Ir/c1-20(2)16-27-21(3)36-29-13-9-12-26(31(27)29)30-19-23-14-15-35-32(33(23)37-30)24-17-22-10-7-8-11-25(22)28(18-24)34(4,5)6;1-7-14(5,8-2)12(16)11-13(17)15(6,9-3)10-4;/h7-15,18-20H,16H2,1-6H3;11,16H,7-10H2,1-6H3;/q-1;;/b;12-11-;. The van der Waals surface area contributed by atoms with Gasteiger partial charge in [-0.1, -0.05) is 117 Å². The van der Waals surface area contributed by atoms with Crippen molar-refractivity contribution in [2.75, 3.05) is 0 Å². The monoisotopic (exact) mass is 919 g/mol. The van der Waals surface area contributed by atoms with Crippen LogP contribution in [0.5, 0.6) is 0 Å². The van der Waals surface area contributed by atoms with Crippen molar-refractivity contribution in [2.24, 2.45) is 16.7 Å². The van der Waals surface area contributed by atoms with E-state index in [0.29, 0.717) is 5.92 Å². The summed E-state index contributed by atoms with van der Waals surface area (Å²) in [6, 6.07) is 24.7. The van der Waals surface area contributed by atoms with Gasteiger partial charge >= 0.3 is 0 Å². The predicted molar refractivity (Wildman–Crippen MR) is 226 cm³/mol. The SMILES string of the molecule is CCC(C)(CC)C(=O)/C=C(\O)C(C)(CC)CC.Cc1oc2cccc(-c3cc4ccnc(-c5[c-]c6ccccc6c(C(C)(C)C)c5)c4o3)c2c1CC(C)C.[Ir]. The summed E-state index contributed by atoms with van der Waals surface area (Å²) in [4.78, 5) is 17.0. The van der Waals surface area contributed by atoms with Crippen LogP contribution in [0.15, 0.2) is 87.5 Å². The number of hydrogen-bond acceptors (Lipinski definition) is 5. The fourth-order valence-electron chi connectivity index (χ4n) is 7.14. The molecule has 0 aliphatic carbocycles. The molecule has 3 aromatic heterocycles. The minimum atomic E-state index is -0.337. The van der Waals surface area contributed by atoms with Gasteiger partial charge in [0.25, 0.3) is 0 Å². The Hall–Kier alpha value is -3.99. The van der Waals surface area contributed by atoms with Gasteiger partial charge in [-0.2, -0.15) is 0 Å². The Labute approximate surface area is 342 Å². The molecule has 0 spiro atoms. The number of allylic oxidation sites excluding steroid dienone is 2. The van der Waals surface area contributed by atoms with Crippen LogP contribution in [-0.4, -0.2) is 15.9 Å². The number of aromatic nitrogens is 1. The Bertz CT molecular complexity index is 2290. The molecule has 0 fully saturated rings. The molecule has 6 aromatic rings. The van der Waals surface area contributed by atoms with Gasteiger partial charge in [0.1, 0.15) is 28.4 Å². The second kappa shape index (κ2) is 17.4. The summed E-state index contributed by atoms with van der Waals surface area (Å²) >= 11 is 0. The number of furan rings is 2. The molecule has 0 saturated carbocycles. The summed E-state index contributed by atoms with van der Waals surface area (Å²) in [6.07, 6.45) is 7.58. The van der Waals surface area contributed by atoms with Gasteiger partial charge in [-0.05, 0) is 68.6 Å². The number of aliphatic hydroxyl groups is 1. The number of ketones is 1. The van der Waals surface area contributed by atoms with Gasteiger partial charge in [0, 0.05) is 70.8 Å². The van der Waals surface area contributed by atoms with E-state index in [9.17, 15) is 9.90 Å². The molecule has 3 aromatic carbocycles. The molecule has 1 radical (unpaired) electrons. The molecule has 295 valence electrons. The van der Waals surface area contributed by atoms with E-state index in [1.807, 2.05) is 65.9 Å². The molecule has 6 heteroatoms. The number of hydrogen-bond donors (Lipinski definition) is 1. The predicted octanol–water partition coefficient (Wildman–Crippen LogP) is 14.3. The Balaban J connectivity index is 0.000000320. The van der Waals surface area contributed by atoms with Gasteiger partial charge in [0.15, 0.2) is 5.78 Å². The first kappa shape index (κ1) is 43.7. The zero-order chi connectivity index (χ0) is 39.6. The molecule has 0 saturated heterocycles. The van der Waals surface area contributed by atoms with Gasteiger partial charge < -0.3 is 13.9 Å². The fourth-order valence-corrected chi connectivity index (χ4v) is 7.14. The van der Waals surface area contributed by atoms with Crippen LogP contribution >= 0.6 is 0 Å².